The van der Waals surface area contributed by atoms with Crippen molar-refractivity contribution in [3.63, 3.8) is 0 Å². The molecule has 31 heavy (non-hydrogen) atoms. The van der Waals surface area contributed by atoms with Crippen LogP contribution in [0.25, 0.3) is 0 Å². The van der Waals surface area contributed by atoms with E-state index in [-0.39, 0.29) is 36.8 Å². The van der Waals surface area contributed by atoms with Gasteiger partial charge in [-0.3, -0.25) is 4.79 Å². The molecular formula is C24H29F2N3O2. The van der Waals surface area contributed by atoms with E-state index in [0.717, 1.165) is 37.6 Å². The Bertz CT molecular complexity index is 923. The fourth-order valence-electron chi connectivity index (χ4n) is 4.22. The number of amides is 1. The van der Waals surface area contributed by atoms with Gasteiger partial charge in [0, 0.05) is 42.7 Å². The average Bonchev–Trinajstić information content (AvgIpc) is 3.34. The van der Waals surface area contributed by atoms with E-state index in [1.54, 1.807) is 0 Å². The molecule has 166 valence electrons. The first-order chi connectivity index (χ1) is 14.9. The molecule has 0 bridgehead atoms. The van der Waals surface area contributed by atoms with Gasteiger partial charge >= 0.3 is 0 Å². The van der Waals surface area contributed by atoms with Crippen LogP contribution in [0.5, 0.6) is 5.75 Å². The van der Waals surface area contributed by atoms with E-state index >= 15 is 0 Å². The van der Waals surface area contributed by atoms with Crippen LogP contribution in [0, 0.1) is 11.6 Å². The fourth-order valence-corrected chi connectivity index (χ4v) is 4.22. The van der Waals surface area contributed by atoms with Gasteiger partial charge in [0.05, 0.1) is 6.54 Å². The van der Waals surface area contributed by atoms with E-state index in [1.165, 1.54) is 6.07 Å². The van der Waals surface area contributed by atoms with E-state index in [1.807, 2.05) is 49.3 Å². The molecule has 0 radical (unpaired) electrons. The van der Waals surface area contributed by atoms with Gasteiger partial charge in [0.1, 0.15) is 12.4 Å². The molecule has 2 fully saturated rings. The number of carbonyl (C=O) groups is 1. The van der Waals surface area contributed by atoms with Crippen molar-refractivity contribution in [2.24, 2.45) is 0 Å². The van der Waals surface area contributed by atoms with Crippen LogP contribution in [-0.2, 0) is 11.4 Å². The Kier molecular flexibility index (Phi) is 6.53. The van der Waals surface area contributed by atoms with Crippen molar-refractivity contribution in [2.45, 2.75) is 37.5 Å². The van der Waals surface area contributed by atoms with E-state index in [2.05, 4.69) is 10.2 Å². The second-order valence-electron chi connectivity index (χ2n) is 8.66. The number of ether oxygens (including phenoxy) is 1. The third kappa shape index (κ3) is 5.22. The molecule has 1 amide bonds. The molecule has 0 spiro atoms. The van der Waals surface area contributed by atoms with E-state index < -0.39 is 11.6 Å². The number of hydrogen-bond acceptors (Lipinski definition) is 4. The molecule has 1 heterocycles. The number of carbonyl (C=O) groups excluding carboxylic acids is 1. The smallest absolute Gasteiger partial charge is 0.236 e. The summed E-state index contributed by atoms with van der Waals surface area (Å²) in [7, 11) is 4.06. The highest BCUT2D eigenvalue weighted by Gasteiger charge is 2.41. The van der Waals surface area contributed by atoms with Crippen molar-refractivity contribution in [3.05, 3.63) is 65.2 Å². The zero-order valence-corrected chi connectivity index (χ0v) is 18.0. The minimum absolute atomic E-state index is 0.0106. The summed E-state index contributed by atoms with van der Waals surface area (Å²) >= 11 is 0. The number of hydrogen-bond donors (Lipinski definition) is 1. The summed E-state index contributed by atoms with van der Waals surface area (Å²) < 4.78 is 34.2. The van der Waals surface area contributed by atoms with Crippen molar-refractivity contribution < 1.29 is 18.3 Å². The molecule has 3 atom stereocenters. The van der Waals surface area contributed by atoms with Crippen molar-refractivity contribution in [3.8, 4) is 5.75 Å². The molecule has 1 saturated carbocycles. The van der Waals surface area contributed by atoms with Crippen LogP contribution in [0.1, 0.15) is 29.9 Å². The molecule has 1 aliphatic carbocycles. The highest BCUT2D eigenvalue weighted by Crippen LogP contribution is 2.46. The Morgan fingerprint density at radius 2 is 2.00 bits per heavy atom. The van der Waals surface area contributed by atoms with E-state index in [0.29, 0.717) is 11.6 Å². The maximum Gasteiger partial charge on any atom is 0.236 e. The number of likely N-dealkylation sites (tertiary alicyclic amines) is 1. The van der Waals surface area contributed by atoms with Gasteiger partial charge in [-0.2, -0.15) is 0 Å². The SMILES string of the molecule is CN(C)[C@H]1CCN(C(=O)CN[C@@H]2C[C@H]2c2cc(F)cc(F)c2OCc2ccccc2)C1. The fraction of sp³-hybridized carbons (Fsp3) is 0.458. The first-order valence-electron chi connectivity index (χ1n) is 10.8. The van der Waals surface area contributed by atoms with Crippen LogP contribution in [-0.4, -0.2) is 61.5 Å². The van der Waals surface area contributed by atoms with Crippen LogP contribution in [0.3, 0.4) is 0 Å². The van der Waals surface area contributed by atoms with Crippen molar-refractivity contribution in [1.82, 2.24) is 15.1 Å². The van der Waals surface area contributed by atoms with Crippen LogP contribution in [0.2, 0.25) is 0 Å². The molecule has 5 nitrogen and oxygen atoms in total. The van der Waals surface area contributed by atoms with Gasteiger partial charge in [-0.15, -0.1) is 0 Å². The Balaban J connectivity index is 1.35. The highest BCUT2D eigenvalue weighted by atomic mass is 19.1. The lowest BCUT2D eigenvalue weighted by Crippen LogP contribution is -2.39. The summed E-state index contributed by atoms with van der Waals surface area (Å²) in [6.45, 7) is 1.96. The maximum atomic E-state index is 14.5. The van der Waals surface area contributed by atoms with Crippen LogP contribution < -0.4 is 10.1 Å². The number of benzene rings is 2. The predicted octanol–water partition coefficient (Wildman–Crippen LogP) is 3.15. The standard InChI is InChI=1S/C24H29F2N3O2/c1-28(2)18-8-9-29(14-18)23(30)13-27-22-12-19(22)20-10-17(25)11-21(26)24(20)31-15-16-6-4-3-5-7-16/h3-7,10-11,18-19,22,27H,8-9,12-15H2,1-2H3/t18-,19-,22+/m0/s1. The summed E-state index contributed by atoms with van der Waals surface area (Å²) in [6, 6.07) is 12.1. The Morgan fingerprint density at radius 1 is 1.23 bits per heavy atom. The number of nitrogens with zero attached hydrogens (tertiary/aromatic N) is 2. The minimum atomic E-state index is -0.695. The summed E-state index contributed by atoms with van der Waals surface area (Å²) in [5.41, 5.74) is 1.43. The van der Waals surface area contributed by atoms with Gasteiger partial charge in [0.25, 0.3) is 0 Å². The molecule has 7 heteroatoms. The van der Waals surface area contributed by atoms with E-state index in [4.69, 9.17) is 4.74 Å². The van der Waals surface area contributed by atoms with Crippen molar-refractivity contribution >= 4 is 5.91 Å². The highest BCUT2D eigenvalue weighted by molar-refractivity contribution is 5.78. The minimum Gasteiger partial charge on any atom is -0.486 e. The van der Waals surface area contributed by atoms with Crippen LogP contribution in [0.4, 0.5) is 8.78 Å². The Labute approximate surface area is 182 Å². The van der Waals surface area contributed by atoms with Gasteiger partial charge in [-0.25, -0.2) is 8.78 Å². The average molecular weight is 430 g/mol. The van der Waals surface area contributed by atoms with E-state index in [9.17, 15) is 13.6 Å². The molecule has 4 rings (SSSR count). The number of rotatable bonds is 8. The summed E-state index contributed by atoms with van der Waals surface area (Å²) in [6.07, 6.45) is 1.70. The molecular weight excluding hydrogens is 400 g/mol. The van der Waals surface area contributed by atoms with Crippen molar-refractivity contribution in [1.29, 1.82) is 0 Å². The molecule has 0 aromatic heterocycles. The molecule has 2 aliphatic rings. The van der Waals surface area contributed by atoms with Gasteiger partial charge < -0.3 is 19.9 Å². The Hall–Kier alpha value is -2.51. The number of likely N-dealkylation sites (N-methyl/N-ethyl adjacent to an activating group) is 1. The first-order valence-corrected chi connectivity index (χ1v) is 10.8. The molecule has 2 aromatic rings. The summed E-state index contributed by atoms with van der Waals surface area (Å²) in [5.74, 6) is -1.22. The molecule has 1 saturated heterocycles. The van der Waals surface area contributed by atoms with Gasteiger partial charge in [0.15, 0.2) is 11.6 Å². The molecule has 0 unspecified atom stereocenters. The lowest BCUT2D eigenvalue weighted by atomic mass is 10.1. The predicted molar refractivity (Wildman–Crippen MR) is 115 cm³/mol. The first kappa shape index (κ1) is 21.7. The second kappa shape index (κ2) is 9.32. The quantitative estimate of drug-likeness (QED) is 0.700. The monoisotopic (exact) mass is 429 g/mol. The second-order valence-corrected chi connectivity index (χ2v) is 8.66. The lowest BCUT2D eigenvalue weighted by Gasteiger charge is -2.20. The molecule has 2 aromatic carbocycles. The zero-order chi connectivity index (χ0) is 22.0. The third-order valence-corrected chi connectivity index (χ3v) is 6.21. The third-order valence-electron chi connectivity index (χ3n) is 6.21. The Morgan fingerprint density at radius 3 is 2.71 bits per heavy atom. The van der Waals surface area contributed by atoms with Gasteiger partial charge in [-0.05, 0) is 38.6 Å². The molecule has 1 N–H and O–H groups in total. The van der Waals surface area contributed by atoms with Crippen molar-refractivity contribution in [2.75, 3.05) is 33.7 Å². The maximum absolute atomic E-state index is 14.5. The van der Waals surface area contributed by atoms with Crippen LogP contribution >= 0.6 is 0 Å². The number of halogens is 2. The zero-order valence-electron chi connectivity index (χ0n) is 18.0. The topological polar surface area (TPSA) is 44.8 Å². The normalized spacial score (nSPS) is 22.7. The largest absolute Gasteiger partial charge is 0.486 e. The lowest BCUT2D eigenvalue weighted by molar-refractivity contribution is -0.129. The van der Waals surface area contributed by atoms with Gasteiger partial charge in [-0.1, -0.05) is 30.3 Å². The van der Waals surface area contributed by atoms with Crippen LogP contribution in [0.15, 0.2) is 42.5 Å². The molecule has 1 aliphatic heterocycles. The van der Waals surface area contributed by atoms with Gasteiger partial charge in [0.2, 0.25) is 5.91 Å². The summed E-state index contributed by atoms with van der Waals surface area (Å²) in [4.78, 5) is 16.5. The summed E-state index contributed by atoms with van der Waals surface area (Å²) in [5, 5.41) is 3.26. The number of nitrogens with one attached hydrogen (secondary N) is 1.